The molecule has 5 nitrogen and oxygen atoms in total. The number of thiophene rings is 1. The minimum absolute atomic E-state index is 0.0207. The van der Waals surface area contributed by atoms with Crippen molar-refractivity contribution in [3.05, 3.63) is 58.3 Å². The van der Waals surface area contributed by atoms with Crippen molar-refractivity contribution in [3.63, 3.8) is 0 Å². The molecule has 1 aliphatic heterocycles. The molecule has 3 rings (SSSR count). The number of nitrogens with zero attached hydrogens (tertiary/aromatic N) is 1. The van der Waals surface area contributed by atoms with E-state index in [9.17, 15) is 9.59 Å². The van der Waals surface area contributed by atoms with Gasteiger partial charge in [0.05, 0.1) is 5.25 Å². The van der Waals surface area contributed by atoms with Crippen LogP contribution in [0.4, 0.5) is 0 Å². The Hall–Kier alpha value is -1.83. The van der Waals surface area contributed by atoms with Crippen LogP contribution in [0.5, 0.6) is 0 Å². The summed E-state index contributed by atoms with van der Waals surface area (Å²) < 4.78 is 0. The zero-order valence-electron chi connectivity index (χ0n) is 12.2. The van der Waals surface area contributed by atoms with Crippen LogP contribution in [0, 0.1) is 0 Å². The van der Waals surface area contributed by atoms with E-state index >= 15 is 0 Å². The van der Waals surface area contributed by atoms with Crippen LogP contribution in [-0.4, -0.2) is 27.2 Å². The molecule has 0 saturated carbocycles. The van der Waals surface area contributed by atoms with Crippen LogP contribution in [0.25, 0.3) is 0 Å². The second-order valence-corrected chi connectivity index (χ2v) is 7.45. The Labute approximate surface area is 142 Å². The maximum Gasteiger partial charge on any atom is 0.244 e. The van der Waals surface area contributed by atoms with Crippen molar-refractivity contribution in [3.8, 4) is 0 Å². The van der Waals surface area contributed by atoms with E-state index in [-0.39, 0.29) is 17.7 Å². The van der Waals surface area contributed by atoms with Gasteiger partial charge in [-0.15, -0.1) is 23.1 Å². The fourth-order valence-electron chi connectivity index (χ4n) is 2.53. The molecule has 2 aromatic rings. The maximum atomic E-state index is 12.7. The Morgan fingerprint density at radius 2 is 2.00 bits per heavy atom. The van der Waals surface area contributed by atoms with Gasteiger partial charge >= 0.3 is 0 Å². The van der Waals surface area contributed by atoms with E-state index in [4.69, 9.17) is 5.21 Å². The molecular formula is C16H16N2O3S2. The van der Waals surface area contributed by atoms with Gasteiger partial charge < -0.3 is 4.90 Å². The summed E-state index contributed by atoms with van der Waals surface area (Å²) in [6, 6.07) is 13.8. The maximum absolute atomic E-state index is 12.7. The number of carbonyl (C=O) groups excluding carboxylic acids is 2. The molecule has 1 aliphatic rings. The van der Waals surface area contributed by atoms with Gasteiger partial charge in [0.2, 0.25) is 11.8 Å². The lowest BCUT2D eigenvalue weighted by molar-refractivity contribution is -0.135. The Kier molecular flexibility index (Phi) is 5.00. The smallest absolute Gasteiger partial charge is 0.244 e. The Bertz CT molecular complexity index is 676. The summed E-state index contributed by atoms with van der Waals surface area (Å²) in [5.74, 6) is -0.608. The predicted octanol–water partition coefficient (Wildman–Crippen LogP) is 2.79. The van der Waals surface area contributed by atoms with Gasteiger partial charge in [-0.2, -0.15) is 0 Å². The largest absolute Gasteiger partial charge is 0.320 e. The van der Waals surface area contributed by atoms with E-state index < -0.39 is 11.2 Å². The number of amides is 2. The minimum atomic E-state index is -0.539. The molecule has 2 atom stereocenters. The van der Waals surface area contributed by atoms with Crippen LogP contribution in [0.15, 0.2) is 47.8 Å². The summed E-state index contributed by atoms with van der Waals surface area (Å²) in [6.07, 6.45) is -0.0207. The molecule has 2 heterocycles. The summed E-state index contributed by atoms with van der Waals surface area (Å²) >= 11 is 3.06. The first kappa shape index (κ1) is 16.0. The summed E-state index contributed by atoms with van der Waals surface area (Å²) in [4.78, 5) is 27.0. The van der Waals surface area contributed by atoms with Gasteiger partial charge in [-0.25, -0.2) is 5.48 Å². The van der Waals surface area contributed by atoms with Crippen LogP contribution < -0.4 is 5.48 Å². The number of hydroxylamine groups is 1. The van der Waals surface area contributed by atoms with Gasteiger partial charge in [0.1, 0.15) is 5.37 Å². The fourth-order valence-corrected chi connectivity index (χ4v) is 4.93. The van der Waals surface area contributed by atoms with E-state index in [1.54, 1.807) is 21.7 Å². The number of benzene rings is 1. The molecule has 2 amide bonds. The highest BCUT2D eigenvalue weighted by Crippen LogP contribution is 2.46. The highest BCUT2D eigenvalue weighted by Gasteiger charge is 2.42. The summed E-state index contributed by atoms with van der Waals surface area (Å²) in [5, 5.41) is 10.1. The van der Waals surface area contributed by atoms with Crippen molar-refractivity contribution < 1.29 is 14.8 Å². The van der Waals surface area contributed by atoms with Crippen molar-refractivity contribution >= 4 is 34.9 Å². The van der Waals surface area contributed by atoms with Crippen molar-refractivity contribution in [2.24, 2.45) is 0 Å². The van der Waals surface area contributed by atoms with E-state index in [2.05, 4.69) is 0 Å². The summed E-state index contributed by atoms with van der Waals surface area (Å²) in [7, 11) is 0. The summed E-state index contributed by atoms with van der Waals surface area (Å²) in [5.41, 5.74) is 2.66. The Morgan fingerprint density at radius 1 is 1.22 bits per heavy atom. The van der Waals surface area contributed by atoms with Gasteiger partial charge in [-0.05, 0) is 17.0 Å². The summed E-state index contributed by atoms with van der Waals surface area (Å²) in [6.45, 7) is 0.506. The first-order chi connectivity index (χ1) is 11.2. The van der Waals surface area contributed by atoms with E-state index in [0.29, 0.717) is 6.54 Å². The molecule has 0 spiro atoms. The molecule has 0 aliphatic carbocycles. The van der Waals surface area contributed by atoms with Gasteiger partial charge in [-0.1, -0.05) is 36.4 Å². The first-order valence-corrected chi connectivity index (χ1v) is 8.97. The zero-order valence-corrected chi connectivity index (χ0v) is 13.8. The highest BCUT2D eigenvalue weighted by atomic mass is 32.2. The molecule has 2 unspecified atom stereocenters. The average Bonchev–Trinajstić information content (AvgIpc) is 3.19. The third kappa shape index (κ3) is 3.57. The zero-order chi connectivity index (χ0) is 16.2. The Balaban J connectivity index is 1.83. The molecule has 7 heteroatoms. The third-order valence-electron chi connectivity index (χ3n) is 3.61. The van der Waals surface area contributed by atoms with Crippen molar-refractivity contribution in [2.75, 3.05) is 0 Å². The lowest BCUT2D eigenvalue weighted by Crippen LogP contribution is -2.33. The number of carbonyl (C=O) groups is 2. The fraction of sp³-hybridized carbons (Fsp3) is 0.250. The molecule has 1 fully saturated rings. The normalized spacial score (nSPS) is 20.7. The number of hydrogen-bond donors (Lipinski definition) is 2. The number of rotatable bonds is 5. The topological polar surface area (TPSA) is 69.6 Å². The molecular weight excluding hydrogens is 332 g/mol. The molecule has 2 N–H and O–H groups in total. The molecule has 0 radical (unpaired) electrons. The third-order valence-corrected chi connectivity index (χ3v) is 6.15. The van der Waals surface area contributed by atoms with Crippen LogP contribution in [-0.2, 0) is 16.1 Å². The highest BCUT2D eigenvalue weighted by molar-refractivity contribution is 8.01. The van der Waals surface area contributed by atoms with Crippen molar-refractivity contribution in [2.45, 2.75) is 23.6 Å². The second kappa shape index (κ2) is 7.16. The number of nitrogens with one attached hydrogen (secondary N) is 1. The standard InChI is InChI=1S/C16H16N2O3S2/c19-14(17-21)9-13-15(20)18(10-11-5-2-1-3-6-11)16(23-13)12-7-4-8-22-12/h1-8,13,16,21H,9-10H2,(H,17,19). The van der Waals surface area contributed by atoms with E-state index in [1.165, 1.54) is 11.8 Å². The van der Waals surface area contributed by atoms with Crippen LogP contribution in [0.3, 0.4) is 0 Å². The molecule has 120 valence electrons. The van der Waals surface area contributed by atoms with Crippen molar-refractivity contribution in [1.82, 2.24) is 10.4 Å². The lowest BCUT2D eigenvalue weighted by Gasteiger charge is -2.23. The van der Waals surface area contributed by atoms with Gasteiger partial charge in [0.25, 0.3) is 0 Å². The number of thioether (sulfide) groups is 1. The van der Waals surface area contributed by atoms with E-state index in [0.717, 1.165) is 10.4 Å². The number of hydrogen-bond acceptors (Lipinski definition) is 5. The molecule has 23 heavy (non-hydrogen) atoms. The Morgan fingerprint density at radius 3 is 2.65 bits per heavy atom. The van der Waals surface area contributed by atoms with Crippen LogP contribution in [0.2, 0.25) is 0 Å². The van der Waals surface area contributed by atoms with Crippen LogP contribution >= 0.6 is 23.1 Å². The predicted molar refractivity (Wildman–Crippen MR) is 90.0 cm³/mol. The van der Waals surface area contributed by atoms with Crippen LogP contribution in [0.1, 0.15) is 22.2 Å². The first-order valence-electron chi connectivity index (χ1n) is 7.15. The molecule has 0 bridgehead atoms. The SMILES string of the molecule is O=C(CC1SC(c2cccs2)N(Cc2ccccc2)C1=O)NO. The van der Waals surface area contributed by atoms with Gasteiger partial charge in [0, 0.05) is 17.8 Å². The van der Waals surface area contributed by atoms with Crippen molar-refractivity contribution in [1.29, 1.82) is 0 Å². The average molecular weight is 348 g/mol. The molecule has 1 aromatic carbocycles. The van der Waals surface area contributed by atoms with Gasteiger partial charge in [-0.3, -0.25) is 14.8 Å². The monoisotopic (exact) mass is 348 g/mol. The quantitative estimate of drug-likeness (QED) is 0.644. The van der Waals surface area contributed by atoms with E-state index in [1.807, 2.05) is 47.8 Å². The minimum Gasteiger partial charge on any atom is -0.320 e. The van der Waals surface area contributed by atoms with Gasteiger partial charge in [0.15, 0.2) is 0 Å². The second-order valence-electron chi connectivity index (χ2n) is 5.18. The molecule has 1 saturated heterocycles. The lowest BCUT2D eigenvalue weighted by atomic mass is 10.2. The molecule has 1 aromatic heterocycles.